The highest BCUT2D eigenvalue weighted by molar-refractivity contribution is 5.95. The zero-order chi connectivity index (χ0) is 27.4. The number of benzene rings is 3. The van der Waals surface area contributed by atoms with Crippen molar-refractivity contribution in [2.75, 3.05) is 7.11 Å². The van der Waals surface area contributed by atoms with Gasteiger partial charge in [-0.1, -0.05) is 36.4 Å². The average Bonchev–Trinajstić information content (AvgIpc) is 3.59. The molecule has 0 atom stereocenters. The summed E-state index contributed by atoms with van der Waals surface area (Å²) in [7, 11) is 1.35. The summed E-state index contributed by atoms with van der Waals surface area (Å²) in [5, 5.41) is 4.05. The minimum absolute atomic E-state index is 0.327. The molecule has 39 heavy (non-hydrogen) atoms. The summed E-state index contributed by atoms with van der Waals surface area (Å²) in [5.74, 6) is 0.390. The Labute approximate surface area is 226 Å². The number of carbonyl (C=O) groups excluding carboxylic acids is 2. The van der Waals surface area contributed by atoms with E-state index in [1.807, 2.05) is 49.4 Å². The molecule has 0 radical (unpaired) electrons. The van der Waals surface area contributed by atoms with Crippen molar-refractivity contribution in [3.05, 3.63) is 125 Å². The molecule has 0 unspecified atom stereocenters. The van der Waals surface area contributed by atoms with Crippen molar-refractivity contribution in [2.24, 2.45) is 5.10 Å². The molecule has 7 nitrogen and oxygen atoms in total. The number of hydrazone groups is 1. The van der Waals surface area contributed by atoms with E-state index in [-0.39, 0.29) is 11.9 Å². The smallest absolute Gasteiger partial charge is 0.337 e. The molecule has 0 aliphatic carbocycles. The van der Waals surface area contributed by atoms with Gasteiger partial charge in [-0.25, -0.2) is 10.2 Å². The second-order valence-electron chi connectivity index (χ2n) is 9.03. The van der Waals surface area contributed by atoms with Crippen molar-refractivity contribution < 1.29 is 18.7 Å². The van der Waals surface area contributed by atoms with Crippen LogP contribution in [0.15, 0.2) is 107 Å². The van der Waals surface area contributed by atoms with Crippen LogP contribution in [-0.2, 0) is 4.74 Å². The average molecular weight is 518 g/mol. The van der Waals surface area contributed by atoms with Gasteiger partial charge in [0.05, 0.1) is 24.6 Å². The van der Waals surface area contributed by atoms with Gasteiger partial charge in [0.25, 0.3) is 5.91 Å². The molecule has 2 aromatic heterocycles. The number of hydrogen-bond donors (Lipinski definition) is 1. The summed E-state index contributed by atoms with van der Waals surface area (Å²) in [6, 6.07) is 30.6. The van der Waals surface area contributed by atoms with Crippen molar-refractivity contribution in [2.45, 2.75) is 13.8 Å². The molecule has 3 aromatic carbocycles. The first-order valence-corrected chi connectivity index (χ1v) is 12.4. The third-order valence-corrected chi connectivity index (χ3v) is 6.43. The Morgan fingerprint density at radius 3 is 2.33 bits per heavy atom. The number of nitrogens with zero attached hydrogens (tertiary/aromatic N) is 2. The standard InChI is InChI=1S/C32H27N3O4/c1-21-19-25(32(37)38-3)12-16-28(21)30-18-15-27(39-30)20-33-34-31(36)24-10-13-26(14-11-24)35-22(2)9-17-29(35)23-7-5-4-6-8-23/h4-20H,1-3H3,(H,34,36)/b33-20+. The molecular formula is C32H27N3O4. The number of furan rings is 1. The van der Waals surface area contributed by atoms with E-state index in [9.17, 15) is 9.59 Å². The maximum absolute atomic E-state index is 12.7. The minimum Gasteiger partial charge on any atom is -0.465 e. The molecule has 0 aliphatic heterocycles. The van der Waals surface area contributed by atoms with Crippen LogP contribution in [0.2, 0.25) is 0 Å². The minimum atomic E-state index is -0.390. The Hall–Kier alpha value is -5.17. The van der Waals surface area contributed by atoms with Crippen molar-refractivity contribution in [3.8, 4) is 28.3 Å². The Bertz CT molecular complexity index is 1660. The Balaban J connectivity index is 1.25. The largest absolute Gasteiger partial charge is 0.465 e. The summed E-state index contributed by atoms with van der Waals surface area (Å²) in [6.45, 7) is 3.95. The number of aryl methyl sites for hydroxylation is 2. The van der Waals surface area contributed by atoms with Crippen molar-refractivity contribution >= 4 is 18.1 Å². The second-order valence-corrected chi connectivity index (χ2v) is 9.03. The van der Waals surface area contributed by atoms with Crippen LogP contribution in [0.4, 0.5) is 0 Å². The number of methoxy groups -OCH3 is 1. The number of amides is 1. The van der Waals surface area contributed by atoms with E-state index in [0.717, 1.165) is 33.8 Å². The topological polar surface area (TPSA) is 85.8 Å². The van der Waals surface area contributed by atoms with E-state index in [2.05, 4.69) is 46.3 Å². The van der Waals surface area contributed by atoms with Crippen molar-refractivity contribution in [1.29, 1.82) is 0 Å². The van der Waals surface area contributed by atoms with Crippen molar-refractivity contribution in [3.63, 3.8) is 0 Å². The van der Waals surface area contributed by atoms with Crippen LogP contribution in [0.5, 0.6) is 0 Å². The molecule has 0 aliphatic rings. The highest BCUT2D eigenvalue weighted by Gasteiger charge is 2.13. The van der Waals surface area contributed by atoms with E-state index in [4.69, 9.17) is 9.15 Å². The molecule has 2 heterocycles. The Morgan fingerprint density at radius 2 is 1.62 bits per heavy atom. The van der Waals surface area contributed by atoms with Crippen LogP contribution in [0.3, 0.4) is 0 Å². The fraction of sp³-hybridized carbons (Fsp3) is 0.0938. The van der Waals surface area contributed by atoms with Crippen LogP contribution >= 0.6 is 0 Å². The molecule has 0 bridgehead atoms. The van der Waals surface area contributed by atoms with Gasteiger partial charge in [-0.2, -0.15) is 5.10 Å². The Kier molecular flexibility index (Phi) is 7.23. The van der Waals surface area contributed by atoms with E-state index in [1.54, 1.807) is 30.3 Å². The van der Waals surface area contributed by atoms with E-state index in [1.165, 1.54) is 13.3 Å². The number of aromatic nitrogens is 1. The van der Waals surface area contributed by atoms with Crippen molar-refractivity contribution in [1.82, 2.24) is 9.99 Å². The fourth-order valence-electron chi connectivity index (χ4n) is 4.45. The molecule has 0 spiro atoms. The number of hydrogen-bond acceptors (Lipinski definition) is 5. The van der Waals surface area contributed by atoms with E-state index in [0.29, 0.717) is 22.6 Å². The maximum atomic E-state index is 12.7. The number of rotatable bonds is 7. The summed E-state index contributed by atoms with van der Waals surface area (Å²) in [5.41, 5.74) is 9.51. The second kappa shape index (κ2) is 11.1. The first kappa shape index (κ1) is 25.5. The van der Waals surface area contributed by atoms with Gasteiger partial charge >= 0.3 is 5.97 Å². The Morgan fingerprint density at radius 1 is 0.872 bits per heavy atom. The summed E-state index contributed by atoms with van der Waals surface area (Å²) >= 11 is 0. The van der Waals surface area contributed by atoms with Crippen LogP contribution in [0.1, 0.15) is 37.7 Å². The third-order valence-electron chi connectivity index (χ3n) is 6.43. The van der Waals surface area contributed by atoms with Crippen LogP contribution in [0, 0.1) is 13.8 Å². The number of esters is 1. The first-order chi connectivity index (χ1) is 18.9. The first-order valence-electron chi connectivity index (χ1n) is 12.4. The fourth-order valence-corrected chi connectivity index (χ4v) is 4.45. The predicted octanol–water partition coefficient (Wildman–Crippen LogP) is 6.57. The lowest BCUT2D eigenvalue weighted by Crippen LogP contribution is -2.17. The van der Waals surface area contributed by atoms with Gasteiger partial charge in [-0.3, -0.25) is 4.79 Å². The zero-order valence-electron chi connectivity index (χ0n) is 21.8. The summed E-state index contributed by atoms with van der Waals surface area (Å²) in [6.07, 6.45) is 1.45. The molecular weight excluding hydrogens is 490 g/mol. The maximum Gasteiger partial charge on any atom is 0.337 e. The highest BCUT2D eigenvalue weighted by atomic mass is 16.5. The SMILES string of the molecule is COC(=O)c1ccc(-c2ccc(/C=N/NC(=O)c3ccc(-n4c(C)ccc4-c4ccccc4)cc3)o2)c(C)c1. The van der Waals surface area contributed by atoms with E-state index >= 15 is 0 Å². The molecule has 0 fully saturated rings. The van der Waals surface area contributed by atoms with Crippen LogP contribution in [-0.4, -0.2) is 29.8 Å². The highest BCUT2D eigenvalue weighted by Crippen LogP contribution is 2.27. The van der Waals surface area contributed by atoms with Crippen LogP contribution < -0.4 is 5.43 Å². The van der Waals surface area contributed by atoms with Gasteiger partial charge in [0.2, 0.25) is 0 Å². The zero-order valence-corrected chi connectivity index (χ0v) is 21.8. The summed E-state index contributed by atoms with van der Waals surface area (Å²) in [4.78, 5) is 24.4. The van der Waals surface area contributed by atoms with Crippen LogP contribution in [0.25, 0.3) is 28.3 Å². The number of carbonyl (C=O) groups is 2. The molecule has 1 amide bonds. The van der Waals surface area contributed by atoms with Gasteiger partial charge in [0.15, 0.2) is 0 Å². The molecule has 0 saturated carbocycles. The predicted molar refractivity (Wildman–Crippen MR) is 151 cm³/mol. The number of ether oxygens (including phenoxy) is 1. The van der Waals surface area contributed by atoms with Gasteiger partial charge in [0, 0.05) is 22.5 Å². The molecule has 0 saturated heterocycles. The molecule has 5 rings (SSSR count). The van der Waals surface area contributed by atoms with Gasteiger partial charge in [-0.05, 0) is 85.6 Å². The lowest BCUT2D eigenvalue weighted by Gasteiger charge is -2.12. The quantitative estimate of drug-likeness (QED) is 0.150. The van der Waals surface area contributed by atoms with Gasteiger partial charge in [-0.15, -0.1) is 0 Å². The normalized spacial score (nSPS) is 11.1. The molecule has 194 valence electrons. The molecule has 5 aromatic rings. The monoisotopic (exact) mass is 517 g/mol. The molecule has 1 N–H and O–H groups in total. The van der Waals surface area contributed by atoms with E-state index < -0.39 is 0 Å². The van der Waals surface area contributed by atoms with Gasteiger partial charge < -0.3 is 13.7 Å². The summed E-state index contributed by atoms with van der Waals surface area (Å²) < 4.78 is 12.8. The lowest BCUT2D eigenvalue weighted by atomic mass is 10.0. The number of nitrogens with one attached hydrogen (secondary N) is 1. The van der Waals surface area contributed by atoms with Gasteiger partial charge in [0.1, 0.15) is 11.5 Å². The lowest BCUT2D eigenvalue weighted by molar-refractivity contribution is 0.0600. The molecule has 7 heteroatoms. The third kappa shape index (κ3) is 5.43.